The zero-order chi connectivity index (χ0) is 16.2. The van der Waals surface area contributed by atoms with Crippen molar-refractivity contribution in [1.29, 1.82) is 5.26 Å². The molecule has 0 aromatic heterocycles. The van der Waals surface area contributed by atoms with Crippen molar-refractivity contribution in [2.45, 2.75) is 25.5 Å². The fraction of sp³-hybridized carbons (Fsp3) is 0.350. The zero-order valence-corrected chi connectivity index (χ0v) is 13.4. The Morgan fingerprint density at radius 3 is 2.43 bits per heavy atom. The predicted octanol–water partition coefficient (Wildman–Crippen LogP) is 3.15. The summed E-state index contributed by atoms with van der Waals surface area (Å²) in [6, 6.07) is 20.4. The average Bonchev–Trinajstić information content (AvgIpc) is 3.00. The summed E-state index contributed by atoms with van der Waals surface area (Å²) in [5, 5.41) is 19.1. The molecule has 3 unspecified atom stereocenters. The highest BCUT2D eigenvalue weighted by molar-refractivity contribution is 5.34. The number of nitriles is 1. The maximum atomic E-state index is 10.2. The highest BCUT2D eigenvalue weighted by atomic mass is 16.3. The number of nitrogens with zero attached hydrogens (tertiary/aromatic N) is 2. The molecule has 0 bridgehead atoms. The molecule has 0 aliphatic carbocycles. The smallest absolute Gasteiger partial charge is 0.0991 e. The first kappa shape index (κ1) is 15.7. The summed E-state index contributed by atoms with van der Waals surface area (Å²) in [5.41, 5.74) is 3.20. The molecule has 0 spiro atoms. The highest BCUT2D eigenvalue weighted by Crippen LogP contribution is 2.35. The van der Waals surface area contributed by atoms with Crippen molar-refractivity contribution in [3.8, 4) is 6.07 Å². The van der Waals surface area contributed by atoms with Crippen LogP contribution in [0.15, 0.2) is 54.6 Å². The normalized spacial score (nSPS) is 22.7. The Bertz CT molecular complexity index is 673. The van der Waals surface area contributed by atoms with Crippen molar-refractivity contribution in [1.82, 2.24) is 4.90 Å². The van der Waals surface area contributed by atoms with Gasteiger partial charge in [0.05, 0.1) is 17.7 Å². The monoisotopic (exact) mass is 306 g/mol. The van der Waals surface area contributed by atoms with Crippen molar-refractivity contribution in [2.75, 3.05) is 13.1 Å². The van der Waals surface area contributed by atoms with Crippen LogP contribution in [0.1, 0.15) is 29.5 Å². The molecule has 1 N–H and O–H groups in total. The van der Waals surface area contributed by atoms with E-state index in [9.17, 15) is 5.11 Å². The summed E-state index contributed by atoms with van der Waals surface area (Å²) < 4.78 is 0. The molecule has 118 valence electrons. The van der Waals surface area contributed by atoms with Gasteiger partial charge in [-0.05, 0) is 30.2 Å². The Morgan fingerprint density at radius 1 is 1.13 bits per heavy atom. The van der Waals surface area contributed by atoms with Gasteiger partial charge < -0.3 is 5.11 Å². The Hall–Kier alpha value is -2.15. The van der Waals surface area contributed by atoms with E-state index in [-0.39, 0.29) is 12.0 Å². The first-order chi connectivity index (χ1) is 11.2. The molecule has 3 heteroatoms. The third-order valence-electron chi connectivity index (χ3n) is 4.78. The van der Waals surface area contributed by atoms with Gasteiger partial charge in [-0.2, -0.15) is 5.26 Å². The third-order valence-corrected chi connectivity index (χ3v) is 4.78. The van der Waals surface area contributed by atoms with Crippen LogP contribution in [-0.2, 0) is 6.54 Å². The SMILES string of the molecule is CC(O)C1CN(Cc2ccccc2)CC1c1ccc(C#N)cc1. The molecule has 2 aromatic carbocycles. The number of rotatable bonds is 4. The molecule has 2 aromatic rings. The molecule has 23 heavy (non-hydrogen) atoms. The summed E-state index contributed by atoms with van der Waals surface area (Å²) in [6.07, 6.45) is -0.337. The van der Waals surface area contributed by atoms with Crippen LogP contribution in [0.2, 0.25) is 0 Å². The Labute approximate surface area is 137 Å². The highest BCUT2D eigenvalue weighted by Gasteiger charge is 2.36. The van der Waals surface area contributed by atoms with Crippen LogP contribution in [0.5, 0.6) is 0 Å². The number of likely N-dealkylation sites (tertiary alicyclic amines) is 1. The molecular formula is C20H22N2O. The summed E-state index contributed by atoms with van der Waals surface area (Å²) in [7, 11) is 0. The fourth-order valence-electron chi connectivity index (χ4n) is 3.53. The Kier molecular flexibility index (Phi) is 4.76. The standard InChI is InChI=1S/C20H22N2O/c1-15(23)19-13-22(12-17-5-3-2-4-6-17)14-20(19)18-9-7-16(11-21)8-10-18/h2-10,15,19-20,23H,12-14H2,1H3. The van der Waals surface area contributed by atoms with Crippen LogP contribution in [0.3, 0.4) is 0 Å². The van der Waals surface area contributed by atoms with Gasteiger partial charge in [0.1, 0.15) is 0 Å². The van der Waals surface area contributed by atoms with Crippen LogP contribution in [0.4, 0.5) is 0 Å². The van der Waals surface area contributed by atoms with E-state index in [1.807, 2.05) is 37.3 Å². The van der Waals surface area contributed by atoms with Gasteiger partial charge in [-0.15, -0.1) is 0 Å². The first-order valence-electron chi connectivity index (χ1n) is 8.12. The lowest BCUT2D eigenvalue weighted by Gasteiger charge is -2.21. The molecular weight excluding hydrogens is 284 g/mol. The predicted molar refractivity (Wildman–Crippen MR) is 90.8 cm³/mol. The minimum absolute atomic E-state index is 0.228. The largest absolute Gasteiger partial charge is 0.393 e. The molecule has 3 rings (SSSR count). The fourth-order valence-corrected chi connectivity index (χ4v) is 3.53. The molecule has 1 aliphatic rings. The molecule has 0 amide bonds. The second kappa shape index (κ2) is 6.95. The van der Waals surface area contributed by atoms with Crippen LogP contribution >= 0.6 is 0 Å². The quantitative estimate of drug-likeness (QED) is 0.944. The molecule has 0 saturated carbocycles. The number of hydrogen-bond acceptors (Lipinski definition) is 3. The van der Waals surface area contributed by atoms with Gasteiger partial charge >= 0.3 is 0 Å². The van der Waals surface area contributed by atoms with Crippen LogP contribution in [-0.4, -0.2) is 29.2 Å². The summed E-state index contributed by atoms with van der Waals surface area (Å²) in [4.78, 5) is 2.41. The maximum Gasteiger partial charge on any atom is 0.0991 e. The van der Waals surface area contributed by atoms with Crippen LogP contribution in [0.25, 0.3) is 0 Å². The number of hydrogen-bond donors (Lipinski definition) is 1. The van der Waals surface area contributed by atoms with Crippen molar-refractivity contribution < 1.29 is 5.11 Å². The van der Waals surface area contributed by atoms with Gasteiger partial charge in [0.25, 0.3) is 0 Å². The number of benzene rings is 2. The van der Waals surface area contributed by atoms with Gasteiger partial charge in [-0.3, -0.25) is 4.90 Å². The molecule has 3 atom stereocenters. The van der Waals surface area contributed by atoms with E-state index in [4.69, 9.17) is 5.26 Å². The second-order valence-corrected chi connectivity index (χ2v) is 6.42. The summed E-state index contributed by atoms with van der Waals surface area (Å²) in [6.45, 7) is 4.64. The molecule has 3 nitrogen and oxygen atoms in total. The van der Waals surface area contributed by atoms with E-state index in [2.05, 4.69) is 35.2 Å². The van der Waals surface area contributed by atoms with Crippen LogP contribution < -0.4 is 0 Å². The van der Waals surface area contributed by atoms with Crippen molar-refractivity contribution in [3.63, 3.8) is 0 Å². The van der Waals surface area contributed by atoms with Gasteiger partial charge in [0.15, 0.2) is 0 Å². The lowest BCUT2D eigenvalue weighted by Crippen LogP contribution is -2.25. The van der Waals surface area contributed by atoms with Gasteiger partial charge in [-0.25, -0.2) is 0 Å². The Balaban J connectivity index is 1.77. The zero-order valence-electron chi connectivity index (χ0n) is 13.4. The van der Waals surface area contributed by atoms with Gasteiger partial charge in [0, 0.05) is 31.5 Å². The molecule has 1 fully saturated rings. The minimum atomic E-state index is -0.337. The lowest BCUT2D eigenvalue weighted by atomic mass is 9.85. The average molecular weight is 306 g/mol. The van der Waals surface area contributed by atoms with E-state index >= 15 is 0 Å². The van der Waals surface area contributed by atoms with E-state index in [1.165, 1.54) is 11.1 Å². The minimum Gasteiger partial charge on any atom is -0.393 e. The van der Waals surface area contributed by atoms with E-state index in [0.717, 1.165) is 19.6 Å². The molecule has 1 saturated heterocycles. The van der Waals surface area contributed by atoms with Crippen molar-refractivity contribution in [3.05, 3.63) is 71.3 Å². The Morgan fingerprint density at radius 2 is 1.83 bits per heavy atom. The van der Waals surface area contributed by atoms with E-state index in [1.54, 1.807) is 0 Å². The topological polar surface area (TPSA) is 47.3 Å². The summed E-state index contributed by atoms with van der Waals surface area (Å²) in [5.74, 6) is 0.540. The maximum absolute atomic E-state index is 10.2. The van der Waals surface area contributed by atoms with Crippen molar-refractivity contribution >= 4 is 0 Å². The van der Waals surface area contributed by atoms with Crippen LogP contribution in [0, 0.1) is 17.2 Å². The number of aliphatic hydroxyl groups is 1. The first-order valence-corrected chi connectivity index (χ1v) is 8.12. The second-order valence-electron chi connectivity index (χ2n) is 6.42. The number of aliphatic hydroxyl groups excluding tert-OH is 1. The van der Waals surface area contributed by atoms with E-state index < -0.39 is 0 Å². The van der Waals surface area contributed by atoms with Crippen molar-refractivity contribution in [2.24, 2.45) is 5.92 Å². The van der Waals surface area contributed by atoms with Gasteiger partial charge in [-0.1, -0.05) is 42.5 Å². The molecule has 1 heterocycles. The lowest BCUT2D eigenvalue weighted by molar-refractivity contribution is 0.120. The summed E-state index contributed by atoms with van der Waals surface area (Å²) >= 11 is 0. The van der Waals surface area contributed by atoms with Gasteiger partial charge in [0.2, 0.25) is 0 Å². The van der Waals surface area contributed by atoms with E-state index in [0.29, 0.717) is 11.5 Å². The molecule has 1 aliphatic heterocycles. The third kappa shape index (κ3) is 3.61. The molecule has 0 radical (unpaired) electrons.